The molecule has 0 radical (unpaired) electrons. The van der Waals surface area contributed by atoms with E-state index in [-0.39, 0.29) is 0 Å². The molecule has 16 heavy (non-hydrogen) atoms. The van der Waals surface area contributed by atoms with Crippen LogP contribution in [0.4, 0.5) is 5.82 Å². The molecule has 82 valence electrons. The monoisotopic (exact) mass is 234 g/mol. The topological polar surface area (TPSA) is 34.1 Å². The quantitative estimate of drug-likeness (QED) is 0.882. The first kappa shape index (κ1) is 10.8. The lowest BCUT2D eigenvalue weighted by Gasteiger charge is -2.07. The molecule has 1 N–H and O–H groups in total. The normalized spacial score (nSPS) is 9.88. The number of hydrogen-bond acceptors (Lipinski definition) is 3. The minimum Gasteiger partial charge on any atom is -0.456 e. The number of pyridine rings is 1. The van der Waals surface area contributed by atoms with Crippen LogP contribution in [0.15, 0.2) is 42.6 Å². The Morgan fingerprint density at radius 3 is 2.81 bits per heavy atom. The summed E-state index contributed by atoms with van der Waals surface area (Å²) in [4.78, 5) is 4.10. The number of benzene rings is 1. The van der Waals surface area contributed by atoms with Crippen LogP contribution in [0.3, 0.4) is 0 Å². The maximum absolute atomic E-state index is 5.99. The van der Waals surface area contributed by atoms with E-state index in [9.17, 15) is 0 Å². The van der Waals surface area contributed by atoms with Gasteiger partial charge in [-0.25, -0.2) is 4.98 Å². The van der Waals surface area contributed by atoms with E-state index in [4.69, 9.17) is 16.3 Å². The molecule has 0 atom stereocenters. The fourth-order valence-electron chi connectivity index (χ4n) is 1.27. The first-order valence-electron chi connectivity index (χ1n) is 4.86. The molecular formula is C12H11ClN2O. The van der Waals surface area contributed by atoms with Crippen LogP contribution in [0.1, 0.15) is 0 Å². The molecule has 4 heteroatoms. The maximum Gasteiger partial charge on any atom is 0.146 e. The van der Waals surface area contributed by atoms with Gasteiger partial charge < -0.3 is 10.1 Å². The second-order valence-electron chi connectivity index (χ2n) is 3.16. The summed E-state index contributed by atoms with van der Waals surface area (Å²) < 4.78 is 5.64. The molecule has 1 heterocycles. The average Bonchev–Trinajstić information content (AvgIpc) is 2.32. The third kappa shape index (κ3) is 2.44. The fourth-order valence-corrected chi connectivity index (χ4v) is 1.44. The van der Waals surface area contributed by atoms with Crippen LogP contribution in [0.25, 0.3) is 0 Å². The molecule has 0 aliphatic carbocycles. The van der Waals surface area contributed by atoms with Crippen molar-refractivity contribution in [2.75, 3.05) is 12.4 Å². The summed E-state index contributed by atoms with van der Waals surface area (Å²) in [6.07, 6.45) is 1.68. The van der Waals surface area contributed by atoms with E-state index < -0.39 is 0 Å². The Morgan fingerprint density at radius 2 is 2.06 bits per heavy atom. The number of ether oxygens (including phenoxy) is 1. The predicted octanol–water partition coefficient (Wildman–Crippen LogP) is 3.57. The van der Waals surface area contributed by atoms with Crippen molar-refractivity contribution in [1.82, 2.24) is 4.98 Å². The van der Waals surface area contributed by atoms with Gasteiger partial charge in [0.25, 0.3) is 0 Å². The Morgan fingerprint density at radius 1 is 1.25 bits per heavy atom. The zero-order chi connectivity index (χ0) is 11.4. The second-order valence-corrected chi connectivity index (χ2v) is 3.57. The molecule has 0 unspecified atom stereocenters. The minimum absolute atomic E-state index is 0.588. The van der Waals surface area contributed by atoms with Gasteiger partial charge in [-0.05, 0) is 18.2 Å². The zero-order valence-electron chi connectivity index (χ0n) is 8.77. The van der Waals surface area contributed by atoms with Gasteiger partial charge in [0.2, 0.25) is 0 Å². The van der Waals surface area contributed by atoms with Crippen LogP contribution >= 0.6 is 11.6 Å². The van der Waals surface area contributed by atoms with Crippen molar-refractivity contribution in [1.29, 1.82) is 0 Å². The number of hydrogen-bond donors (Lipinski definition) is 1. The van der Waals surface area contributed by atoms with Crippen molar-refractivity contribution in [2.24, 2.45) is 0 Å². The summed E-state index contributed by atoms with van der Waals surface area (Å²) in [5.41, 5.74) is 0. The Hall–Kier alpha value is -1.74. The number of nitrogens with one attached hydrogen (secondary N) is 1. The van der Waals surface area contributed by atoms with Crippen LogP contribution in [0.2, 0.25) is 5.02 Å². The SMILES string of the molecule is CNc1cc(Oc2ccccc2Cl)ccn1. The van der Waals surface area contributed by atoms with E-state index in [1.807, 2.05) is 31.3 Å². The van der Waals surface area contributed by atoms with E-state index in [0.29, 0.717) is 16.5 Å². The van der Waals surface area contributed by atoms with E-state index in [0.717, 1.165) is 5.82 Å². The van der Waals surface area contributed by atoms with Crippen molar-refractivity contribution < 1.29 is 4.74 Å². The highest BCUT2D eigenvalue weighted by atomic mass is 35.5. The van der Waals surface area contributed by atoms with Crippen LogP contribution in [-0.4, -0.2) is 12.0 Å². The number of anilines is 1. The summed E-state index contributed by atoms with van der Waals surface area (Å²) in [5, 5.41) is 3.53. The average molecular weight is 235 g/mol. The van der Waals surface area contributed by atoms with Crippen molar-refractivity contribution in [3.8, 4) is 11.5 Å². The van der Waals surface area contributed by atoms with Crippen LogP contribution in [-0.2, 0) is 0 Å². The molecule has 0 saturated heterocycles. The van der Waals surface area contributed by atoms with Gasteiger partial charge in [-0.15, -0.1) is 0 Å². The number of halogens is 1. The zero-order valence-corrected chi connectivity index (χ0v) is 9.53. The Kier molecular flexibility index (Phi) is 3.27. The van der Waals surface area contributed by atoms with E-state index in [2.05, 4.69) is 10.3 Å². The molecule has 0 fully saturated rings. The highest BCUT2D eigenvalue weighted by Gasteiger charge is 2.02. The molecule has 2 rings (SSSR count). The molecule has 0 amide bonds. The van der Waals surface area contributed by atoms with E-state index in [1.54, 1.807) is 18.3 Å². The molecule has 1 aromatic carbocycles. The highest BCUT2D eigenvalue weighted by Crippen LogP contribution is 2.29. The summed E-state index contributed by atoms with van der Waals surface area (Å²) >= 11 is 5.99. The van der Waals surface area contributed by atoms with Crippen molar-refractivity contribution in [2.45, 2.75) is 0 Å². The number of nitrogens with zero attached hydrogens (tertiary/aromatic N) is 1. The lowest BCUT2D eigenvalue weighted by Crippen LogP contribution is -1.92. The Labute approximate surface area is 99.0 Å². The third-order valence-electron chi connectivity index (χ3n) is 2.05. The molecule has 3 nitrogen and oxygen atoms in total. The Balaban J connectivity index is 2.24. The van der Waals surface area contributed by atoms with E-state index in [1.165, 1.54) is 0 Å². The summed E-state index contributed by atoms with van der Waals surface area (Å²) in [5.74, 6) is 2.09. The molecule has 2 aromatic rings. The van der Waals surface area contributed by atoms with E-state index >= 15 is 0 Å². The van der Waals surface area contributed by atoms with Gasteiger partial charge in [0.05, 0.1) is 5.02 Å². The van der Waals surface area contributed by atoms with Crippen LogP contribution in [0, 0.1) is 0 Å². The molecule has 0 aliphatic rings. The van der Waals surface area contributed by atoms with Gasteiger partial charge in [0.15, 0.2) is 0 Å². The fraction of sp³-hybridized carbons (Fsp3) is 0.0833. The largest absolute Gasteiger partial charge is 0.456 e. The predicted molar refractivity (Wildman–Crippen MR) is 65.3 cm³/mol. The van der Waals surface area contributed by atoms with Crippen LogP contribution < -0.4 is 10.1 Å². The lowest BCUT2D eigenvalue weighted by molar-refractivity contribution is 0.482. The van der Waals surface area contributed by atoms with Gasteiger partial charge >= 0.3 is 0 Å². The summed E-state index contributed by atoms with van der Waals surface area (Å²) in [6, 6.07) is 10.9. The molecule has 1 aromatic heterocycles. The van der Waals surface area contributed by atoms with Gasteiger partial charge in [-0.3, -0.25) is 0 Å². The van der Waals surface area contributed by atoms with Gasteiger partial charge in [-0.1, -0.05) is 23.7 Å². The number of para-hydroxylation sites is 1. The molecule has 0 spiro atoms. The molecule has 0 bridgehead atoms. The number of rotatable bonds is 3. The standard InChI is InChI=1S/C12H11ClN2O/c1-14-12-8-9(6-7-15-12)16-11-5-3-2-4-10(11)13/h2-8H,1H3,(H,14,15). The highest BCUT2D eigenvalue weighted by molar-refractivity contribution is 6.32. The number of aromatic nitrogens is 1. The first-order chi connectivity index (χ1) is 7.79. The minimum atomic E-state index is 0.588. The van der Waals surface area contributed by atoms with Gasteiger partial charge in [-0.2, -0.15) is 0 Å². The molecule has 0 saturated carbocycles. The Bertz CT molecular complexity index is 488. The van der Waals surface area contributed by atoms with Gasteiger partial charge in [0.1, 0.15) is 17.3 Å². The molecular weight excluding hydrogens is 224 g/mol. The van der Waals surface area contributed by atoms with Crippen molar-refractivity contribution >= 4 is 17.4 Å². The summed E-state index contributed by atoms with van der Waals surface area (Å²) in [7, 11) is 1.81. The van der Waals surface area contributed by atoms with Crippen molar-refractivity contribution in [3.05, 3.63) is 47.6 Å². The molecule has 0 aliphatic heterocycles. The summed E-state index contributed by atoms with van der Waals surface area (Å²) in [6.45, 7) is 0. The second kappa shape index (κ2) is 4.86. The first-order valence-corrected chi connectivity index (χ1v) is 5.23. The lowest BCUT2D eigenvalue weighted by atomic mass is 10.3. The van der Waals surface area contributed by atoms with Gasteiger partial charge in [0, 0.05) is 19.3 Å². The smallest absolute Gasteiger partial charge is 0.146 e. The maximum atomic E-state index is 5.99. The van der Waals surface area contributed by atoms with Crippen LogP contribution in [0.5, 0.6) is 11.5 Å². The third-order valence-corrected chi connectivity index (χ3v) is 2.36. The van der Waals surface area contributed by atoms with Crippen molar-refractivity contribution in [3.63, 3.8) is 0 Å².